The molecule has 34 heavy (non-hydrogen) atoms. The zero-order valence-electron chi connectivity index (χ0n) is 19.4. The molecule has 1 N–H and O–H groups in total. The van der Waals surface area contributed by atoms with Crippen molar-refractivity contribution in [2.45, 2.75) is 19.5 Å². The molecule has 7 nitrogen and oxygen atoms in total. The van der Waals surface area contributed by atoms with Crippen molar-refractivity contribution < 1.29 is 14.3 Å². The van der Waals surface area contributed by atoms with Crippen LogP contribution in [0.15, 0.2) is 78.9 Å². The van der Waals surface area contributed by atoms with E-state index in [0.717, 1.165) is 22.4 Å². The van der Waals surface area contributed by atoms with Gasteiger partial charge in [-0.1, -0.05) is 54.6 Å². The van der Waals surface area contributed by atoms with Gasteiger partial charge in [-0.2, -0.15) is 0 Å². The predicted octanol–water partition coefficient (Wildman–Crippen LogP) is 3.68. The van der Waals surface area contributed by atoms with Crippen LogP contribution in [-0.2, 0) is 24.3 Å². The van der Waals surface area contributed by atoms with E-state index >= 15 is 0 Å². The molecule has 4 aromatic rings. The molecule has 4 rings (SSSR count). The first-order chi connectivity index (χ1) is 16.6. The van der Waals surface area contributed by atoms with Gasteiger partial charge in [0.25, 0.3) is 5.91 Å². The number of nitrogens with one attached hydrogen (secondary N) is 1. The standard InChI is InChI=1S/C27H28N4O3/c1-30(18-20-10-4-3-5-11-20)26(32)19-31-23-14-8-7-13-22(23)29-25(31)16-17-28-27(33)21-12-6-9-15-24(21)34-2/h3-15H,16-19H2,1-2H3,(H,28,33). The molecule has 0 unspecified atom stereocenters. The van der Waals surface area contributed by atoms with Crippen LogP contribution in [0.3, 0.4) is 0 Å². The summed E-state index contributed by atoms with van der Waals surface area (Å²) in [5.41, 5.74) is 3.28. The highest BCUT2D eigenvalue weighted by molar-refractivity contribution is 5.96. The Bertz CT molecular complexity index is 1280. The van der Waals surface area contributed by atoms with Crippen molar-refractivity contribution in [3.05, 3.63) is 95.8 Å². The van der Waals surface area contributed by atoms with Crippen LogP contribution < -0.4 is 10.1 Å². The fraction of sp³-hybridized carbons (Fsp3) is 0.222. The summed E-state index contributed by atoms with van der Waals surface area (Å²) in [5.74, 6) is 1.06. The summed E-state index contributed by atoms with van der Waals surface area (Å²) in [7, 11) is 3.35. The van der Waals surface area contributed by atoms with Crippen LogP contribution in [0.25, 0.3) is 11.0 Å². The lowest BCUT2D eigenvalue weighted by molar-refractivity contribution is -0.131. The molecule has 0 saturated heterocycles. The molecular formula is C27H28N4O3. The first kappa shape index (κ1) is 23.0. The third-order valence-electron chi connectivity index (χ3n) is 5.70. The summed E-state index contributed by atoms with van der Waals surface area (Å²) in [6.45, 7) is 1.10. The number of hydrogen-bond donors (Lipinski definition) is 1. The maximum atomic E-state index is 13.0. The molecule has 7 heteroatoms. The second-order valence-electron chi connectivity index (χ2n) is 8.04. The molecule has 1 aromatic heterocycles. The number of nitrogens with zero attached hydrogens (tertiary/aromatic N) is 3. The molecule has 174 valence electrons. The van der Waals surface area contributed by atoms with Crippen LogP contribution in [0.5, 0.6) is 5.75 Å². The normalized spacial score (nSPS) is 10.8. The number of aromatic nitrogens is 2. The average Bonchev–Trinajstić information content (AvgIpc) is 3.21. The van der Waals surface area contributed by atoms with E-state index in [4.69, 9.17) is 9.72 Å². The summed E-state index contributed by atoms with van der Waals surface area (Å²) >= 11 is 0. The van der Waals surface area contributed by atoms with Crippen molar-refractivity contribution in [2.75, 3.05) is 20.7 Å². The predicted molar refractivity (Wildman–Crippen MR) is 132 cm³/mol. The van der Waals surface area contributed by atoms with Gasteiger partial charge in [-0.15, -0.1) is 0 Å². The molecule has 0 bridgehead atoms. The fourth-order valence-corrected chi connectivity index (χ4v) is 3.91. The molecule has 2 amide bonds. The highest BCUT2D eigenvalue weighted by atomic mass is 16.5. The lowest BCUT2D eigenvalue weighted by Crippen LogP contribution is -2.31. The number of hydrogen-bond acceptors (Lipinski definition) is 4. The largest absolute Gasteiger partial charge is 0.496 e. The van der Waals surface area contributed by atoms with E-state index in [2.05, 4.69) is 5.32 Å². The van der Waals surface area contributed by atoms with Crippen LogP contribution in [0, 0.1) is 0 Å². The molecule has 0 atom stereocenters. The van der Waals surface area contributed by atoms with Crippen molar-refractivity contribution >= 4 is 22.8 Å². The number of ether oxygens (including phenoxy) is 1. The van der Waals surface area contributed by atoms with Gasteiger partial charge in [0.15, 0.2) is 0 Å². The molecule has 0 aliphatic heterocycles. The molecular weight excluding hydrogens is 428 g/mol. The number of para-hydroxylation sites is 3. The van der Waals surface area contributed by atoms with Gasteiger partial charge in [0.1, 0.15) is 18.1 Å². The van der Waals surface area contributed by atoms with Crippen LogP contribution >= 0.6 is 0 Å². The molecule has 0 saturated carbocycles. The van der Waals surface area contributed by atoms with E-state index in [9.17, 15) is 9.59 Å². The Kier molecular flexibility index (Phi) is 7.22. The minimum absolute atomic E-state index is 0.00804. The average molecular weight is 457 g/mol. The third kappa shape index (κ3) is 5.26. The Morgan fingerprint density at radius 3 is 2.47 bits per heavy atom. The van der Waals surface area contributed by atoms with E-state index in [1.807, 2.05) is 72.3 Å². The van der Waals surface area contributed by atoms with Crippen molar-refractivity contribution in [3.63, 3.8) is 0 Å². The Labute approximate surface area is 199 Å². The second-order valence-corrected chi connectivity index (χ2v) is 8.04. The van der Waals surface area contributed by atoms with E-state index in [0.29, 0.717) is 30.8 Å². The summed E-state index contributed by atoms with van der Waals surface area (Å²) in [6.07, 6.45) is 0.491. The molecule has 1 heterocycles. The highest BCUT2D eigenvalue weighted by Crippen LogP contribution is 2.18. The van der Waals surface area contributed by atoms with Crippen LogP contribution in [0.4, 0.5) is 0 Å². The third-order valence-corrected chi connectivity index (χ3v) is 5.70. The minimum atomic E-state index is -0.209. The fourth-order valence-electron chi connectivity index (χ4n) is 3.91. The number of carbonyl (C=O) groups excluding carboxylic acids is 2. The number of rotatable bonds is 9. The van der Waals surface area contributed by atoms with Gasteiger partial charge in [0.2, 0.25) is 5.91 Å². The quantitative estimate of drug-likeness (QED) is 0.417. The van der Waals surface area contributed by atoms with Gasteiger partial charge in [0.05, 0.1) is 23.7 Å². The minimum Gasteiger partial charge on any atom is -0.496 e. The Hall–Kier alpha value is -4.13. The maximum absolute atomic E-state index is 13.0. The number of fused-ring (bicyclic) bond motifs is 1. The molecule has 0 aliphatic carbocycles. The first-order valence-corrected chi connectivity index (χ1v) is 11.2. The molecule has 0 radical (unpaired) electrons. The highest BCUT2D eigenvalue weighted by Gasteiger charge is 2.17. The Morgan fingerprint density at radius 2 is 1.68 bits per heavy atom. The summed E-state index contributed by atoms with van der Waals surface area (Å²) in [5, 5.41) is 2.93. The number of benzene rings is 3. The lowest BCUT2D eigenvalue weighted by Gasteiger charge is -2.19. The number of imidazole rings is 1. The van der Waals surface area contributed by atoms with Gasteiger partial charge in [-0.3, -0.25) is 9.59 Å². The van der Waals surface area contributed by atoms with Crippen LogP contribution in [0.1, 0.15) is 21.7 Å². The summed E-state index contributed by atoms with van der Waals surface area (Å²) in [4.78, 5) is 32.1. The number of methoxy groups -OCH3 is 1. The van der Waals surface area contributed by atoms with Crippen LogP contribution in [0.2, 0.25) is 0 Å². The second kappa shape index (κ2) is 10.7. The first-order valence-electron chi connectivity index (χ1n) is 11.2. The van der Waals surface area contributed by atoms with Gasteiger partial charge in [-0.25, -0.2) is 4.98 Å². The van der Waals surface area contributed by atoms with Gasteiger partial charge < -0.3 is 19.5 Å². The summed E-state index contributed by atoms with van der Waals surface area (Å²) in [6, 6.07) is 24.8. The van der Waals surface area contributed by atoms with Crippen molar-refractivity contribution in [2.24, 2.45) is 0 Å². The van der Waals surface area contributed by atoms with E-state index in [1.165, 1.54) is 0 Å². The molecule has 0 aliphatic rings. The van der Waals surface area contributed by atoms with Gasteiger partial charge in [0, 0.05) is 26.6 Å². The monoisotopic (exact) mass is 456 g/mol. The van der Waals surface area contributed by atoms with Crippen molar-refractivity contribution in [1.29, 1.82) is 0 Å². The van der Waals surface area contributed by atoms with E-state index < -0.39 is 0 Å². The lowest BCUT2D eigenvalue weighted by atomic mass is 10.2. The Balaban J connectivity index is 1.46. The van der Waals surface area contributed by atoms with Gasteiger partial charge in [-0.05, 0) is 29.8 Å². The SMILES string of the molecule is COc1ccccc1C(=O)NCCc1nc2ccccc2n1CC(=O)N(C)Cc1ccccc1. The van der Waals surface area contributed by atoms with Crippen LogP contribution in [-0.4, -0.2) is 47.0 Å². The molecule has 0 fully saturated rings. The Morgan fingerprint density at radius 1 is 0.971 bits per heavy atom. The molecule has 0 spiro atoms. The number of likely N-dealkylation sites (N-methyl/N-ethyl adjacent to an activating group) is 1. The smallest absolute Gasteiger partial charge is 0.255 e. The maximum Gasteiger partial charge on any atom is 0.255 e. The van der Waals surface area contributed by atoms with E-state index in [1.54, 1.807) is 30.2 Å². The summed E-state index contributed by atoms with van der Waals surface area (Å²) < 4.78 is 7.22. The molecule has 3 aromatic carbocycles. The van der Waals surface area contributed by atoms with Crippen molar-refractivity contribution in [3.8, 4) is 5.75 Å². The van der Waals surface area contributed by atoms with E-state index in [-0.39, 0.29) is 18.4 Å². The zero-order valence-corrected chi connectivity index (χ0v) is 19.4. The number of carbonyl (C=O) groups is 2. The number of amides is 2. The zero-order chi connectivity index (χ0) is 23.9. The van der Waals surface area contributed by atoms with Gasteiger partial charge >= 0.3 is 0 Å². The topological polar surface area (TPSA) is 76.5 Å². The van der Waals surface area contributed by atoms with Crippen molar-refractivity contribution in [1.82, 2.24) is 19.8 Å².